The second kappa shape index (κ2) is 10.9. The first kappa shape index (κ1) is 24.9. The van der Waals surface area contributed by atoms with Crippen molar-refractivity contribution in [1.82, 2.24) is 4.98 Å². The number of aromatic nitrogens is 1. The number of anilines is 2. The third kappa shape index (κ3) is 7.11. The average molecular weight is 454 g/mol. The van der Waals surface area contributed by atoms with Crippen molar-refractivity contribution in [2.75, 3.05) is 17.7 Å². The first-order valence-corrected chi connectivity index (χ1v) is 12.1. The van der Waals surface area contributed by atoms with E-state index in [1.807, 2.05) is 58.0 Å². The van der Waals surface area contributed by atoms with Gasteiger partial charge in [0.25, 0.3) is 0 Å². The summed E-state index contributed by atoms with van der Waals surface area (Å²) in [5, 5.41) is 0. The van der Waals surface area contributed by atoms with Crippen molar-refractivity contribution >= 4 is 17.6 Å². The molecule has 1 aromatic heterocycles. The van der Waals surface area contributed by atoms with Gasteiger partial charge in [-0.25, -0.2) is 9.78 Å². The van der Waals surface area contributed by atoms with Crippen molar-refractivity contribution in [3.05, 3.63) is 47.2 Å². The minimum atomic E-state index is -0.609. The summed E-state index contributed by atoms with van der Waals surface area (Å²) in [4.78, 5) is 19.7. The number of ether oxygens (including phenoxy) is 2. The SMILES string of the molecule is COc1ccc(CN(C(=O)OC(C)(C)C)c2ccc(N)c(CCC3CCCCC3)n2)c(C)c1. The van der Waals surface area contributed by atoms with E-state index in [1.165, 1.54) is 32.1 Å². The van der Waals surface area contributed by atoms with Crippen LogP contribution in [-0.4, -0.2) is 23.8 Å². The summed E-state index contributed by atoms with van der Waals surface area (Å²) in [6.45, 7) is 7.97. The van der Waals surface area contributed by atoms with Gasteiger partial charge in [-0.2, -0.15) is 0 Å². The average Bonchev–Trinajstić information content (AvgIpc) is 2.77. The molecule has 6 nitrogen and oxygen atoms in total. The van der Waals surface area contributed by atoms with Crippen LogP contribution in [0.25, 0.3) is 0 Å². The number of rotatable bonds is 7. The van der Waals surface area contributed by atoms with Gasteiger partial charge in [0.2, 0.25) is 0 Å². The standard InChI is InChI=1S/C27H39N3O3/c1-19-17-22(32-5)13-12-21(19)18-30(26(31)33-27(2,3)4)25-16-14-23(28)24(29-25)15-11-20-9-7-6-8-10-20/h12-14,16-17,20H,6-11,15,18,28H2,1-5H3. The van der Waals surface area contributed by atoms with Gasteiger partial charge in [0.05, 0.1) is 25.0 Å². The van der Waals surface area contributed by atoms with E-state index in [1.54, 1.807) is 12.0 Å². The number of nitrogen functional groups attached to an aromatic ring is 1. The van der Waals surface area contributed by atoms with Crippen molar-refractivity contribution < 1.29 is 14.3 Å². The number of carbonyl (C=O) groups is 1. The molecule has 1 saturated carbocycles. The third-order valence-corrected chi connectivity index (χ3v) is 6.28. The molecule has 0 aliphatic heterocycles. The highest BCUT2D eigenvalue weighted by Crippen LogP contribution is 2.29. The van der Waals surface area contributed by atoms with Gasteiger partial charge < -0.3 is 15.2 Å². The number of aryl methyl sites for hydroxylation is 2. The van der Waals surface area contributed by atoms with E-state index in [0.29, 0.717) is 18.1 Å². The zero-order chi connectivity index (χ0) is 24.0. The van der Waals surface area contributed by atoms with Gasteiger partial charge in [0, 0.05) is 0 Å². The molecule has 1 aliphatic carbocycles. The largest absolute Gasteiger partial charge is 0.497 e. The number of nitrogens with zero attached hydrogens (tertiary/aromatic N) is 2. The molecule has 1 amide bonds. The predicted octanol–water partition coefficient (Wildman–Crippen LogP) is 6.44. The summed E-state index contributed by atoms with van der Waals surface area (Å²) in [6.07, 6.45) is 8.07. The molecule has 0 saturated heterocycles. The normalized spacial score (nSPS) is 14.7. The molecule has 2 aromatic rings. The van der Waals surface area contributed by atoms with Crippen LogP contribution in [0.5, 0.6) is 5.75 Å². The lowest BCUT2D eigenvalue weighted by molar-refractivity contribution is 0.0576. The van der Waals surface area contributed by atoms with Crippen molar-refractivity contribution in [3.63, 3.8) is 0 Å². The van der Waals surface area contributed by atoms with Crippen LogP contribution in [0.1, 0.15) is 76.1 Å². The molecule has 3 rings (SSSR count). The van der Waals surface area contributed by atoms with Crippen LogP contribution >= 0.6 is 0 Å². The lowest BCUT2D eigenvalue weighted by atomic mass is 9.85. The van der Waals surface area contributed by atoms with E-state index in [0.717, 1.165) is 41.3 Å². The van der Waals surface area contributed by atoms with Gasteiger partial charge in [-0.1, -0.05) is 38.2 Å². The topological polar surface area (TPSA) is 77.7 Å². The maximum Gasteiger partial charge on any atom is 0.416 e. The second-order valence-electron chi connectivity index (χ2n) is 10.1. The molecule has 180 valence electrons. The van der Waals surface area contributed by atoms with Gasteiger partial charge >= 0.3 is 6.09 Å². The van der Waals surface area contributed by atoms with Crippen molar-refractivity contribution in [2.24, 2.45) is 5.92 Å². The Balaban J connectivity index is 1.86. The summed E-state index contributed by atoms with van der Waals surface area (Å²) >= 11 is 0. The summed E-state index contributed by atoms with van der Waals surface area (Å²) in [5.74, 6) is 2.09. The van der Waals surface area contributed by atoms with Crippen LogP contribution in [0.3, 0.4) is 0 Å². The highest BCUT2D eigenvalue weighted by molar-refractivity contribution is 5.87. The Bertz CT molecular complexity index is 946. The highest BCUT2D eigenvalue weighted by Gasteiger charge is 2.26. The molecule has 1 aliphatic rings. The van der Waals surface area contributed by atoms with Crippen LogP contribution in [-0.2, 0) is 17.7 Å². The van der Waals surface area contributed by atoms with Crippen LogP contribution in [0.15, 0.2) is 30.3 Å². The summed E-state index contributed by atoms with van der Waals surface area (Å²) in [6, 6.07) is 9.52. The maximum atomic E-state index is 13.2. The fourth-order valence-electron chi connectivity index (χ4n) is 4.37. The number of benzene rings is 1. The van der Waals surface area contributed by atoms with Gasteiger partial charge in [0.15, 0.2) is 0 Å². The second-order valence-corrected chi connectivity index (χ2v) is 10.1. The number of pyridine rings is 1. The van der Waals surface area contributed by atoms with Crippen LogP contribution < -0.4 is 15.4 Å². The van der Waals surface area contributed by atoms with Crippen molar-refractivity contribution in [2.45, 2.75) is 84.8 Å². The Morgan fingerprint density at radius 1 is 1.15 bits per heavy atom. The minimum absolute atomic E-state index is 0.351. The van der Waals surface area contributed by atoms with Gasteiger partial charge in [0.1, 0.15) is 17.2 Å². The first-order valence-electron chi connectivity index (χ1n) is 12.1. The molecule has 33 heavy (non-hydrogen) atoms. The third-order valence-electron chi connectivity index (χ3n) is 6.28. The van der Waals surface area contributed by atoms with E-state index in [-0.39, 0.29) is 0 Å². The quantitative estimate of drug-likeness (QED) is 0.522. The molecule has 0 spiro atoms. The fraction of sp³-hybridized carbons (Fsp3) is 0.556. The van der Waals surface area contributed by atoms with Crippen LogP contribution in [0.2, 0.25) is 0 Å². The first-order chi connectivity index (χ1) is 15.7. The lowest BCUT2D eigenvalue weighted by Gasteiger charge is -2.28. The minimum Gasteiger partial charge on any atom is -0.497 e. The monoisotopic (exact) mass is 453 g/mol. The fourth-order valence-corrected chi connectivity index (χ4v) is 4.37. The molecule has 1 aromatic carbocycles. The Labute approximate surface area is 198 Å². The molecular formula is C27H39N3O3. The Kier molecular flexibility index (Phi) is 8.22. The summed E-state index contributed by atoms with van der Waals surface area (Å²) < 4.78 is 11.1. The molecule has 0 atom stereocenters. The predicted molar refractivity (Wildman–Crippen MR) is 134 cm³/mol. The highest BCUT2D eigenvalue weighted by atomic mass is 16.6. The van der Waals surface area contributed by atoms with E-state index >= 15 is 0 Å². The number of carbonyl (C=O) groups excluding carboxylic acids is 1. The van der Waals surface area contributed by atoms with E-state index in [9.17, 15) is 4.79 Å². The smallest absolute Gasteiger partial charge is 0.416 e. The van der Waals surface area contributed by atoms with E-state index in [4.69, 9.17) is 20.2 Å². The van der Waals surface area contributed by atoms with E-state index < -0.39 is 11.7 Å². The summed E-state index contributed by atoms with van der Waals surface area (Å²) in [5.41, 5.74) is 9.25. The van der Waals surface area contributed by atoms with Gasteiger partial charge in [-0.05, 0) is 81.8 Å². The number of methoxy groups -OCH3 is 1. The molecule has 2 N–H and O–H groups in total. The summed E-state index contributed by atoms with van der Waals surface area (Å²) in [7, 11) is 1.65. The molecule has 6 heteroatoms. The number of hydrogen-bond donors (Lipinski definition) is 1. The zero-order valence-corrected chi connectivity index (χ0v) is 20.8. The van der Waals surface area contributed by atoms with Gasteiger partial charge in [-0.15, -0.1) is 0 Å². The Hall–Kier alpha value is -2.76. The number of hydrogen-bond acceptors (Lipinski definition) is 5. The van der Waals surface area contributed by atoms with Crippen LogP contribution in [0, 0.1) is 12.8 Å². The molecular weight excluding hydrogens is 414 g/mol. The van der Waals surface area contributed by atoms with E-state index in [2.05, 4.69) is 0 Å². The number of nitrogens with two attached hydrogens (primary N) is 1. The van der Waals surface area contributed by atoms with Crippen LogP contribution in [0.4, 0.5) is 16.3 Å². The van der Waals surface area contributed by atoms with Crippen molar-refractivity contribution in [3.8, 4) is 5.75 Å². The molecule has 1 heterocycles. The molecule has 0 unspecified atom stereocenters. The molecule has 0 bridgehead atoms. The van der Waals surface area contributed by atoms with Crippen molar-refractivity contribution in [1.29, 1.82) is 0 Å². The lowest BCUT2D eigenvalue weighted by Crippen LogP contribution is -2.37. The Morgan fingerprint density at radius 3 is 2.52 bits per heavy atom. The zero-order valence-electron chi connectivity index (χ0n) is 20.8. The maximum absolute atomic E-state index is 13.2. The number of amides is 1. The van der Waals surface area contributed by atoms with Gasteiger partial charge in [-0.3, -0.25) is 4.90 Å². The Morgan fingerprint density at radius 2 is 1.88 bits per heavy atom. The molecule has 1 fully saturated rings. The molecule has 0 radical (unpaired) electrons.